The summed E-state index contributed by atoms with van der Waals surface area (Å²) in [5.74, 6) is 0.493. The first kappa shape index (κ1) is 19.6. The van der Waals surface area contributed by atoms with Gasteiger partial charge in [-0.25, -0.2) is 0 Å². The maximum atomic E-state index is 12.5. The minimum absolute atomic E-state index is 0.137. The molecule has 2 aromatic carbocycles. The smallest absolute Gasteiger partial charge is 0.260 e. The normalized spacial score (nSPS) is 18.6. The fourth-order valence-corrected chi connectivity index (χ4v) is 3.88. The number of amides is 1. The molecule has 0 aromatic heterocycles. The van der Waals surface area contributed by atoms with Crippen molar-refractivity contribution in [2.24, 2.45) is 0 Å². The third kappa shape index (κ3) is 3.79. The molecule has 6 nitrogen and oxygen atoms in total. The molecule has 0 saturated carbocycles. The van der Waals surface area contributed by atoms with Gasteiger partial charge in [-0.2, -0.15) is 0 Å². The van der Waals surface area contributed by atoms with Crippen LogP contribution >= 0.6 is 0 Å². The topological polar surface area (TPSA) is 82.0 Å². The SMILES string of the molecule is CC(C)N(Cc1ccc2c(c1)CO/C2=C1/C(=O)Nc2ccccc21)C[C@@H](O)CO. The molecular formula is C23H26N2O4. The Bertz CT molecular complexity index is 967. The maximum Gasteiger partial charge on any atom is 0.260 e. The highest BCUT2D eigenvalue weighted by molar-refractivity contribution is 6.36. The van der Waals surface area contributed by atoms with Crippen LogP contribution in [0.4, 0.5) is 5.69 Å². The number of para-hydroxylation sites is 1. The van der Waals surface area contributed by atoms with E-state index in [1.54, 1.807) is 0 Å². The predicted molar refractivity (Wildman–Crippen MR) is 112 cm³/mol. The summed E-state index contributed by atoms with van der Waals surface area (Å²) in [6.45, 7) is 5.39. The van der Waals surface area contributed by atoms with Gasteiger partial charge in [-0.15, -0.1) is 0 Å². The number of anilines is 1. The van der Waals surface area contributed by atoms with E-state index in [1.165, 1.54) is 0 Å². The number of aliphatic hydroxyl groups is 2. The first-order valence-corrected chi connectivity index (χ1v) is 9.91. The summed E-state index contributed by atoms with van der Waals surface area (Å²) in [6, 6.07) is 14.0. The van der Waals surface area contributed by atoms with Crippen LogP contribution in [0.1, 0.15) is 36.1 Å². The van der Waals surface area contributed by atoms with Gasteiger partial charge in [0, 0.05) is 41.5 Å². The summed E-state index contributed by atoms with van der Waals surface area (Å²) in [6.07, 6.45) is -0.757. The van der Waals surface area contributed by atoms with Crippen molar-refractivity contribution in [1.29, 1.82) is 0 Å². The highest BCUT2D eigenvalue weighted by atomic mass is 16.5. The number of nitrogens with zero attached hydrogens (tertiary/aromatic N) is 1. The van der Waals surface area contributed by atoms with Gasteiger partial charge in [-0.05, 0) is 25.5 Å². The van der Waals surface area contributed by atoms with E-state index in [0.29, 0.717) is 31.0 Å². The van der Waals surface area contributed by atoms with Gasteiger partial charge >= 0.3 is 0 Å². The lowest BCUT2D eigenvalue weighted by atomic mass is 9.99. The third-order valence-corrected chi connectivity index (χ3v) is 5.46. The van der Waals surface area contributed by atoms with Gasteiger partial charge in [0.05, 0.1) is 18.3 Å². The van der Waals surface area contributed by atoms with Crippen LogP contribution in [0.5, 0.6) is 0 Å². The van der Waals surface area contributed by atoms with E-state index in [0.717, 1.165) is 27.9 Å². The minimum atomic E-state index is -0.757. The number of hydrogen-bond acceptors (Lipinski definition) is 5. The molecule has 29 heavy (non-hydrogen) atoms. The van der Waals surface area contributed by atoms with E-state index >= 15 is 0 Å². The highest BCUT2D eigenvalue weighted by Gasteiger charge is 2.32. The molecule has 2 aliphatic rings. The molecule has 1 amide bonds. The van der Waals surface area contributed by atoms with Crippen molar-refractivity contribution in [1.82, 2.24) is 4.90 Å². The predicted octanol–water partition coefficient (Wildman–Crippen LogP) is 2.60. The van der Waals surface area contributed by atoms with Crippen LogP contribution in [0.15, 0.2) is 42.5 Å². The molecule has 3 N–H and O–H groups in total. The Balaban J connectivity index is 1.63. The zero-order valence-electron chi connectivity index (χ0n) is 16.7. The molecule has 1 atom stereocenters. The second-order valence-corrected chi connectivity index (χ2v) is 7.84. The fraction of sp³-hybridized carbons (Fsp3) is 0.348. The van der Waals surface area contributed by atoms with E-state index in [-0.39, 0.29) is 18.6 Å². The number of ether oxygens (including phenoxy) is 1. The zero-order valence-corrected chi connectivity index (χ0v) is 16.7. The largest absolute Gasteiger partial charge is 0.487 e. The molecule has 0 unspecified atom stereocenters. The van der Waals surface area contributed by atoms with Crippen molar-refractivity contribution in [2.75, 3.05) is 18.5 Å². The molecule has 0 saturated heterocycles. The second kappa shape index (κ2) is 7.99. The number of benzene rings is 2. The maximum absolute atomic E-state index is 12.5. The molecule has 4 rings (SSSR count). The molecule has 2 aliphatic heterocycles. The van der Waals surface area contributed by atoms with Gasteiger partial charge in [0.25, 0.3) is 5.91 Å². The number of carbonyl (C=O) groups excluding carboxylic acids is 1. The summed E-state index contributed by atoms with van der Waals surface area (Å²) in [5, 5.41) is 21.9. The van der Waals surface area contributed by atoms with Gasteiger partial charge in [0.2, 0.25) is 0 Å². The Morgan fingerprint density at radius 1 is 1.17 bits per heavy atom. The second-order valence-electron chi connectivity index (χ2n) is 7.84. The number of aliphatic hydroxyl groups excluding tert-OH is 2. The molecule has 0 fully saturated rings. The van der Waals surface area contributed by atoms with Crippen molar-refractivity contribution in [2.45, 2.75) is 39.1 Å². The lowest BCUT2D eigenvalue weighted by Crippen LogP contribution is -2.38. The van der Waals surface area contributed by atoms with E-state index < -0.39 is 6.10 Å². The van der Waals surface area contributed by atoms with Crippen molar-refractivity contribution in [3.8, 4) is 0 Å². The molecule has 0 bridgehead atoms. The van der Waals surface area contributed by atoms with Crippen LogP contribution in [-0.2, 0) is 22.7 Å². The van der Waals surface area contributed by atoms with E-state index in [2.05, 4.69) is 30.1 Å². The van der Waals surface area contributed by atoms with Gasteiger partial charge < -0.3 is 20.3 Å². The standard InChI is InChI=1S/C23H26N2O4/c1-14(2)25(11-17(27)12-26)10-15-7-8-18-16(9-15)13-29-22(18)21-19-5-3-4-6-20(19)24-23(21)28/h3-9,14,17,26-27H,10-13H2,1-2H3,(H,24,28)/b22-21+/t17-/m1/s1. The molecule has 0 aliphatic carbocycles. The summed E-state index contributed by atoms with van der Waals surface area (Å²) >= 11 is 0. The van der Waals surface area contributed by atoms with Crippen LogP contribution in [-0.4, -0.2) is 46.3 Å². The van der Waals surface area contributed by atoms with Crippen LogP contribution < -0.4 is 5.32 Å². The van der Waals surface area contributed by atoms with Crippen LogP contribution in [0.25, 0.3) is 11.3 Å². The zero-order chi connectivity index (χ0) is 20.5. The van der Waals surface area contributed by atoms with E-state index in [4.69, 9.17) is 9.84 Å². The Kier molecular flexibility index (Phi) is 5.41. The first-order valence-electron chi connectivity index (χ1n) is 9.91. The lowest BCUT2D eigenvalue weighted by Gasteiger charge is -2.28. The van der Waals surface area contributed by atoms with Gasteiger partial charge in [0.15, 0.2) is 0 Å². The average Bonchev–Trinajstić information content (AvgIpc) is 3.26. The number of rotatable bonds is 6. The molecule has 0 radical (unpaired) electrons. The Hall–Kier alpha value is -2.67. The first-order chi connectivity index (χ1) is 14.0. The van der Waals surface area contributed by atoms with Crippen molar-refractivity contribution < 1.29 is 19.7 Å². The lowest BCUT2D eigenvalue weighted by molar-refractivity contribution is -0.110. The minimum Gasteiger partial charge on any atom is -0.487 e. The number of carbonyl (C=O) groups is 1. The summed E-state index contributed by atoms with van der Waals surface area (Å²) in [7, 11) is 0. The quantitative estimate of drug-likeness (QED) is 0.656. The van der Waals surface area contributed by atoms with Crippen LogP contribution in [0, 0.1) is 0 Å². The van der Waals surface area contributed by atoms with E-state index in [1.807, 2.05) is 36.4 Å². The molecule has 152 valence electrons. The van der Waals surface area contributed by atoms with Crippen LogP contribution in [0.3, 0.4) is 0 Å². The highest BCUT2D eigenvalue weighted by Crippen LogP contribution is 2.41. The van der Waals surface area contributed by atoms with Crippen molar-refractivity contribution in [3.63, 3.8) is 0 Å². The average molecular weight is 394 g/mol. The number of fused-ring (bicyclic) bond motifs is 2. The fourth-order valence-electron chi connectivity index (χ4n) is 3.88. The number of nitrogens with one attached hydrogen (secondary N) is 1. The Morgan fingerprint density at radius 2 is 1.97 bits per heavy atom. The molecule has 2 heterocycles. The van der Waals surface area contributed by atoms with E-state index in [9.17, 15) is 9.90 Å². The van der Waals surface area contributed by atoms with Crippen molar-refractivity contribution >= 4 is 22.9 Å². The van der Waals surface area contributed by atoms with Gasteiger partial charge in [-0.3, -0.25) is 9.69 Å². The number of hydrogen-bond donors (Lipinski definition) is 3. The molecule has 0 spiro atoms. The Labute approximate surface area is 170 Å². The van der Waals surface area contributed by atoms with Gasteiger partial charge in [-0.1, -0.05) is 36.4 Å². The summed E-state index contributed by atoms with van der Waals surface area (Å²) < 4.78 is 5.96. The third-order valence-electron chi connectivity index (χ3n) is 5.46. The monoisotopic (exact) mass is 394 g/mol. The van der Waals surface area contributed by atoms with Crippen molar-refractivity contribution in [3.05, 3.63) is 64.7 Å². The summed E-state index contributed by atoms with van der Waals surface area (Å²) in [4.78, 5) is 14.7. The molecular weight excluding hydrogens is 368 g/mol. The molecule has 2 aromatic rings. The molecule has 6 heteroatoms. The van der Waals surface area contributed by atoms with Gasteiger partial charge in [0.1, 0.15) is 12.4 Å². The summed E-state index contributed by atoms with van der Waals surface area (Å²) in [5.41, 5.74) is 5.36. The van der Waals surface area contributed by atoms with Crippen LogP contribution in [0.2, 0.25) is 0 Å². The Morgan fingerprint density at radius 3 is 2.72 bits per heavy atom.